The Labute approximate surface area is 156 Å². The number of carbonyl (C=O) groups excluding carboxylic acids is 1. The molecular weight excluding hydrogens is 348 g/mol. The fraction of sp³-hybridized carbons (Fsp3) is 0.200. The molecule has 1 N–H and O–H groups in total. The summed E-state index contributed by atoms with van der Waals surface area (Å²) in [5.74, 6) is 1.20. The summed E-state index contributed by atoms with van der Waals surface area (Å²) in [6.45, 7) is 1.96. The zero-order chi connectivity index (χ0) is 18.5. The normalized spacial score (nSPS) is 10.4. The van der Waals surface area contributed by atoms with Crippen LogP contribution >= 0.6 is 11.3 Å². The fourth-order valence-corrected chi connectivity index (χ4v) is 3.33. The summed E-state index contributed by atoms with van der Waals surface area (Å²) in [4.78, 5) is 17.0. The molecule has 26 heavy (non-hydrogen) atoms. The summed E-state index contributed by atoms with van der Waals surface area (Å²) in [7, 11) is 3.22. The second kappa shape index (κ2) is 8.01. The van der Waals surface area contributed by atoms with Crippen molar-refractivity contribution in [3.05, 3.63) is 69.7 Å². The molecule has 6 heteroatoms. The van der Waals surface area contributed by atoms with Crippen LogP contribution < -0.4 is 14.8 Å². The number of aryl methyl sites for hydroxylation is 1. The lowest BCUT2D eigenvalue weighted by Crippen LogP contribution is -2.13. The van der Waals surface area contributed by atoms with Gasteiger partial charge in [-0.05, 0) is 42.3 Å². The Morgan fingerprint density at radius 3 is 2.58 bits per heavy atom. The highest BCUT2D eigenvalue weighted by Crippen LogP contribution is 2.26. The van der Waals surface area contributed by atoms with E-state index in [0.717, 1.165) is 21.9 Å². The molecule has 0 aliphatic carbocycles. The van der Waals surface area contributed by atoms with Crippen LogP contribution in [-0.4, -0.2) is 25.1 Å². The van der Waals surface area contributed by atoms with Crippen LogP contribution in [0.4, 0.5) is 5.69 Å². The van der Waals surface area contributed by atoms with E-state index in [1.54, 1.807) is 19.6 Å². The van der Waals surface area contributed by atoms with Crippen LogP contribution in [0.5, 0.6) is 11.5 Å². The van der Waals surface area contributed by atoms with Gasteiger partial charge in [0, 0.05) is 11.8 Å². The first kappa shape index (κ1) is 17.9. The van der Waals surface area contributed by atoms with E-state index in [1.807, 2.05) is 49.4 Å². The first-order valence-electron chi connectivity index (χ1n) is 8.12. The van der Waals surface area contributed by atoms with Gasteiger partial charge in [0.15, 0.2) is 0 Å². The van der Waals surface area contributed by atoms with Gasteiger partial charge in [-0.15, -0.1) is 11.3 Å². The second-order valence-corrected chi connectivity index (χ2v) is 6.75. The Morgan fingerprint density at radius 2 is 1.88 bits per heavy atom. The molecule has 1 heterocycles. The average Bonchev–Trinajstić information content (AvgIpc) is 3.11. The van der Waals surface area contributed by atoms with Gasteiger partial charge in [0.25, 0.3) is 5.91 Å². The molecule has 0 spiro atoms. The quantitative estimate of drug-likeness (QED) is 0.704. The van der Waals surface area contributed by atoms with Crippen molar-refractivity contribution in [2.45, 2.75) is 13.3 Å². The number of ether oxygens (including phenoxy) is 2. The third kappa shape index (κ3) is 4.21. The SMILES string of the molecule is COc1ccc(Cc2nc(C(=O)Nc3cc(C)ccc3OC)cs2)cc1. The van der Waals surface area contributed by atoms with E-state index in [1.165, 1.54) is 11.3 Å². The van der Waals surface area contributed by atoms with Crippen LogP contribution in [0, 0.1) is 6.92 Å². The monoisotopic (exact) mass is 368 g/mol. The van der Waals surface area contributed by atoms with Crippen LogP contribution in [0.25, 0.3) is 0 Å². The van der Waals surface area contributed by atoms with E-state index in [-0.39, 0.29) is 5.91 Å². The first-order chi connectivity index (χ1) is 12.6. The van der Waals surface area contributed by atoms with Gasteiger partial charge in [-0.1, -0.05) is 18.2 Å². The molecule has 0 saturated carbocycles. The number of anilines is 1. The Hall–Kier alpha value is -2.86. The number of aromatic nitrogens is 1. The summed E-state index contributed by atoms with van der Waals surface area (Å²) in [6.07, 6.45) is 0.676. The maximum absolute atomic E-state index is 12.5. The van der Waals surface area contributed by atoms with Crippen molar-refractivity contribution < 1.29 is 14.3 Å². The van der Waals surface area contributed by atoms with Gasteiger partial charge in [-0.25, -0.2) is 4.98 Å². The molecule has 0 saturated heterocycles. The van der Waals surface area contributed by atoms with Gasteiger partial charge in [-0.3, -0.25) is 4.79 Å². The molecule has 2 aromatic carbocycles. The van der Waals surface area contributed by atoms with Crippen LogP contribution in [-0.2, 0) is 6.42 Å². The molecule has 0 fully saturated rings. The lowest BCUT2D eigenvalue weighted by Gasteiger charge is -2.10. The van der Waals surface area contributed by atoms with Crippen molar-refractivity contribution >= 4 is 22.9 Å². The lowest BCUT2D eigenvalue weighted by molar-refractivity contribution is 0.102. The summed E-state index contributed by atoms with van der Waals surface area (Å²) in [5.41, 5.74) is 3.20. The van der Waals surface area contributed by atoms with Crippen LogP contribution in [0.3, 0.4) is 0 Å². The summed E-state index contributed by atoms with van der Waals surface area (Å²) >= 11 is 1.47. The van der Waals surface area contributed by atoms with Crippen molar-refractivity contribution in [2.75, 3.05) is 19.5 Å². The predicted octanol–water partition coefficient (Wildman–Crippen LogP) is 4.31. The van der Waals surface area contributed by atoms with Crippen LogP contribution in [0.15, 0.2) is 47.8 Å². The minimum atomic E-state index is -0.244. The largest absolute Gasteiger partial charge is 0.497 e. The zero-order valence-corrected chi connectivity index (χ0v) is 15.7. The molecular formula is C20H20N2O3S. The minimum absolute atomic E-state index is 0.244. The molecule has 134 valence electrons. The predicted molar refractivity (Wildman–Crippen MR) is 104 cm³/mol. The van der Waals surface area contributed by atoms with Gasteiger partial charge in [-0.2, -0.15) is 0 Å². The van der Waals surface area contributed by atoms with Crippen molar-refractivity contribution in [1.82, 2.24) is 4.98 Å². The number of nitrogens with zero attached hydrogens (tertiary/aromatic N) is 1. The molecule has 3 aromatic rings. The van der Waals surface area contributed by atoms with Crippen molar-refractivity contribution in [2.24, 2.45) is 0 Å². The summed E-state index contributed by atoms with van der Waals surface area (Å²) < 4.78 is 10.5. The van der Waals surface area contributed by atoms with Gasteiger partial charge in [0.1, 0.15) is 17.2 Å². The molecule has 0 radical (unpaired) electrons. The third-order valence-electron chi connectivity index (χ3n) is 3.90. The highest BCUT2D eigenvalue weighted by molar-refractivity contribution is 7.09. The van der Waals surface area contributed by atoms with Crippen LogP contribution in [0.2, 0.25) is 0 Å². The smallest absolute Gasteiger partial charge is 0.275 e. The molecule has 1 amide bonds. The number of hydrogen-bond donors (Lipinski definition) is 1. The maximum Gasteiger partial charge on any atom is 0.275 e. The second-order valence-electron chi connectivity index (χ2n) is 5.81. The average molecular weight is 368 g/mol. The van der Waals surface area contributed by atoms with E-state index < -0.39 is 0 Å². The number of carbonyl (C=O) groups is 1. The van der Waals surface area contributed by atoms with Gasteiger partial charge >= 0.3 is 0 Å². The molecule has 0 atom stereocenters. The minimum Gasteiger partial charge on any atom is -0.497 e. The lowest BCUT2D eigenvalue weighted by atomic mass is 10.1. The number of rotatable bonds is 6. The van der Waals surface area contributed by atoms with Gasteiger partial charge < -0.3 is 14.8 Å². The number of benzene rings is 2. The summed E-state index contributed by atoms with van der Waals surface area (Å²) in [5, 5.41) is 5.53. The Bertz CT molecular complexity index is 904. The van der Waals surface area contributed by atoms with E-state index in [4.69, 9.17) is 9.47 Å². The molecule has 0 aliphatic heterocycles. The summed E-state index contributed by atoms with van der Waals surface area (Å²) in [6, 6.07) is 13.5. The molecule has 3 rings (SSSR count). The van der Waals surface area contributed by atoms with E-state index in [9.17, 15) is 4.79 Å². The van der Waals surface area contributed by atoms with Crippen molar-refractivity contribution in [3.8, 4) is 11.5 Å². The number of methoxy groups -OCH3 is 2. The van der Waals surface area contributed by atoms with Gasteiger partial charge in [0.2, 0.25) is 0 Å². The standard InChI is InChI=1S/C20H20N2O3S/c1-13-4-9-18(25-3)16(10-13)22-20(23)17-12-26-19(21-17)11-14-5-7-15(24-2)8-6-14/h4-10,12H,11H2,1-3H3,(H,22,23). The molecule has 0 unspecified atom stereocenters. The van der Waals surface area contributed by atoms with E-state index >= 15 is 0 Å². The van der Waals surface area contributed by atoms with E-state index in [0.29, 0.717) is 23.6 Å². The topological polar surface area (TPSA) is 60.5 Å². The number of amides is 1. The molecule has 5 nitrogen and oxygen atoms in total. The molecule has 1 aromatic heterocycles. The van der Waals surface area contributed by atoms with Crippen LogP contribution in [0.1, 0.15) is 26.6 Å². The maximum atomic E-state index is 12.5. The first-order valence-corrected chi connectivity index (χ1v) is 9.00. The van der Waals surface area contributed by atoms with Crippen molar-refractivity contribution in [1.29, 1.82) is 0 Å². The Balaban J connectivity index is 1.70. The van der Waals surface area contributed by atoms with E-state index in [2.05, 4.69) is 10.3 Å². The number of thiazole rings is 1. The highest BCUT2D eigenvalue weighted by Gasteiger charge is 2.14. The zero-order valence-electron chi connectivity index (χ0n) is 14.9. The fourth-order valence-electron chi connectivity index (χ4n) is 2.52. The van der Waals surface area contributed by atoms with Gasteiger partial charge in [0.05, 0.1) is 24.9 Å². The molecule has 0 bridgehead atoms. The third-order valence-corrected chi connectivity index (χ3v) is 4.75. The number of hydrogen-bond acceptors (Lipinski definition) is 5. The molecule has 0 aliphatic rings. The Kier molecular flexibility index (Phi) is 5.53. The number of nitrogens with one attached hydrogen (secondary N) is 1. The van der Waals surface area contributed by atoms with Crippen molar-refractivity contribution in [3.63, 3.8) is 0 Å². The highest BCUT2D eigenvalue weighted by atomic mass is 32.1. The Morgan fingerprint density at radius 1 is 1.12 bits per heavy atom.